The molecule has 2 aliphatic rings. The van der Waals surface area contributed by atoms with Crippen LogP contribution in [0.4, 0.5) is 16.2 Å². The van der Waals surface area contributed by atoms with Crippen molar-refractivity contribution in [1.29, 1.82) is 0 Å². The van der Waals surface area contributed by atoms with E-state index in [1.165, 1.54) is 0 Å². The second-order valence-corrected chi connectivity index (χ2v) is 9.44. The van der Waals surface area contributed by atoms with Gasteiger partial charge in [-0.1, -0.05) is 29.8 Å². The number of fused-ring (bicyclic) bond motifs is 2. The van der Waals surface area contributed by atoms with Gasteiger partial charge in [-0.2, -0.15) is 4.98 Å². The number of hydrogen-bond acceptors (Lipinski definition) is 6. The summed E-state index contributed by atoms with van der Waals surface area (Å²) in [6, 6.07) is 13.5. The molecular weight excluding hydrogens is 401 g/mol. The van der Waals surface area contributed by atoms with Crippen LogP contribution in [0.5, 0.6) is 0 Å². The molecule has 3 atom stereocenters. The van der Waals surface area contributed by atoms with Crippen molar-refractivity contribution >= 4 is 33.5 Å². The monoisotopic (exact) mass is 425 g/mol. The summed E-state index contributed by atoms with van der Waals surface area (Å²) in [5, 5.41) is 7.27. The van der Waals surface area contributed by atoms with Gasteiger partial charge in [-0.15, -0.1) is 0 Å². The lowest BCUT2D eigenvalue weighted by atomic mass is 10.1. The Labute approximate surface area is 177 Å². The van der Waals surface area contributed by atoms with E-state index in [4.69, 9.17) is 9.97 Å². The van der Waals surface area contributed by atoms with E-state index in [0.29, 0.717) is 43.7 Å². The maximum Gasteiger partial charge on any atom is 0.228 e. The number of hydrogen-bond donors (Lipinski definition) is 2. The smallest absolute Gasteiger partial charge is 0.228 e. The highest BCUT2D eigenvalue weighted by Gasteiger charge is 2.28. The van der Waals surface area contributed by atoms with Crippen molar-refractivity contribution in [2.24, 2.45) is 0 Å². The Morgan fingerprint density at radius 2 is 2.07 bits per heavy atom. The van der Waals surface area contributed by atoms with E-state index in [2.05, 4.69) is 15.5 Å². The van der Waals surface area contributed by atoms with Crippen molar-refractivity contribution in [2.75, 3.05) is 35.6 Å². The van der Waals surface area contributed by atoms with Gasteiger partial charge >= 0.3 is 0 Å². The van der Waals surface area contributed by atoms with Crippen LogP contribution >= 0.6 is 0 Å². The maximum atomic E-state index is 14.3. The molecule has 8 heteroatoms. The third-order valence-corrected chi connectivity index (χ3v) is 7.15. The summed E-state index contributed by atoms with van der Waals surface area (Å²) in [5.74, 6) is 1.74. The zero-order valence-corrected chi connectivity index (χ0v) is 17.6. The van der Waals surface area contributed by atoms with Gasteiger partial charge in [0.1, 0.15) is 12.0 Å². The lowest BCUT2D eigenvalue weighted by Crippen LogP contribution is -2.31. The quantitative estimate of drug-likeness (QED) is 0.673. The normalized spacial score (nSPS) is 23.9. The van der Waals surface area contributed by atoms with Gasteiger partial charge in [0.05, 0.1) is 22.4 Å². The Morgan fingerprint density at radius 3 is 2.90 bits per heavy atom. The summed E-state index contributed by atoms with van der Waals surface area (Å²) < 4.78 is 26.9. The van der Waals surface area contributed by atoms with Crippen molar-refractivity contribution in [3.8, 4) is 0 Å². The molecule has 0 spiro atoms. The largest absolute Gasteiger partial charge is 0.362 e. The highest BCUT2D eigenvalue weighted by atomic mass is 32.2. The zero-order valence-electron chi connectivity index (χ0n) is 16.8. The summed E-state index contributed by atoms with van der Waals surface area (Å²) in [7, 11) is -1.04. The number of benzene rings is 2. The summed E-state index contributed by atoms with van der Waals surface area (Å²) in [6.07, 6.45) is -0.962. The minimum atomic E-state index is -1.04. The van der Waals surface area contributed by atoms with Crippen LogP contribution in [-0.4, -0.2) is 51.8 Å². The van der Waals surface area contributed by atoms with Gasteiger partial charge in [0.25, 0.3) is 0 Å². The van der Waals surface area contributed by atoms with Crippen molar-refractivity contribution < 1.29 is 8.60 Å². The fourth-order valence-electron chi connectivity index (χ4n) is 4.06. The van der Waals surface area contributed by atoms with Gasteiger partial charge < -0.3 is 15.5 Å². The second kappa shape index (κ2) is 7.92. The first-order valence-electron chi connectivity index (χ1n) is 10.2. The molecule has 0 saturated carbocycles. The van der Waals surface area contributed by atoms with Gasteiger partial charge in [0.2, 0.25) is 5.95 Å². The molecule has 156 valence electrons. The number of nitrogens with zero attached hydrogens (tertiary/aromatic N) is 3. The van der Waals surface area contributed by atoms with Gasteiger partial charge in [-0.05, 0) is 30.7 Å². The minimum Gasteiger partial charge on any atom is -0.362 e. The topological polar surface area (TPSA) is 70.2 Å². The summed E-state index contributed by atoms with van der Waals surface area (Å²) in [4.78, 5) is 12.6. The van der Waals surface area contributed by atoms with E-state index < -0.39 is 17.0 Å². The number of aromatic nitrogens is 2. The number of rotatable bonds is 3. The molecule has 0 amide bonds. The van der Waals surface area contributed by atoms with Crippen LogP contribution in [0.1, 0.15) is 11.1 Å². The average Bonchev–Trinajstić information content (AvgIpc) is 3.07. The second-order valence-electron chi connectivity index (χ2n) is 7.90. The molecule has 0 aliphatic carbocycles. The highest BCUT2D eigenvalue weighted by Crippen LogP contribution is 2.28. The van der Waals surface area contributed by atoms with Gasteiger partial charge in [-0.3, -0.25) is 4.21 Å². The molecule has 2 N–H and O–H groups in total. The Bertz CT molecular complexity index is 1120. The molecule has 2 aliphatic heterocycles. The fraction of sp³-hybridized carbons (Fsp3) is 0.364. The van der Waals surface area contributed by atoms with Crippen LogP contribution in [0.25, 0.3) is 10.9 Å². The number of nitrogens with one attached hydrogen (secondary N) is 2. The van der Waals surface area contributed by atoms with E-state index in [1.54, 1.807) is 0 Å². The van der Waals surface area contributed by atoms with Gasteiger partial charge in [0.15, 0.2) is 0 Å². The Morgan fingerprint density at radius 1 is 1.20 bits per heavy atom. The third kappa shape index (κ3) is 3.65. The molecule has 6 nitrogen and oxygen atoms in total. The molecule has 1 fully saturated rings. The average molecular weight is 426 g/mol. The van der Waals surface area contributed by atoms with Gasteiger partial charge in [-0.25, -0.2) is 9.37 Å². The predicted octanol–water partition coefficient (Wildman–Crippen LogP) is 2.79. The summed E-state index contributed by atoms with van der Waals surface area (Å²) in [6.45, 7) is 4.11. The van der Waals surface area contributed by atoms with Crippen LogP contribution in [0, 0.1) is 6.92 Å². The number of alkyl halides is 1. The molecule has 30 heavy (non-hydrogen) atoms. The molecule has 0 radical (unpaired) electrons. The number of aryl methyl sites for hydroxylation is 1. The van der Waals surface area contributed by atoms with E-state index >= 15 is 0 Å². The molecular formula is C22H24FN5OS. The van der Waals surface area contributed by atoms with E-state index in [-0.39, 0.29) is 6.04 Å². The summed E-state index contributed by atoms with van der Waals surface area (Å²) >= 11 is 0. The van der Waals surface area contributed by atoms with Crippen LogP contribution < -0.4 is 15.5 Å². The third-order valence-electron chi connectivity index (χ3n) is 5.71. The van der Waals surface area contributed by atoms with Crippen LogP contribution in [0.15, 0.2) is 47.4 Å². The first kappa shape index (κ1) is 19.4. The molecule has 3 aromatic rings. The van der Waals surface area contributed by atoms with Crippen molar-refractivity contribution in [2.45, 2.75) is 30.6 Å². The van der Waals surface area contributed by atoms with Crippen molar-refractivity contribution in [1.82, 2.24) is 15.3 Å². The first-order chi connectivity index (χ1) is 14.6. The molecule has 1 aromatic heterocycles. The number of anilines is 2. The Hall–Kier alpha value is -2.58. The van der Waals surface area contributed by atoms with E-state index in [9.17, 15) is 8.60 Å². The van der Waals surface area contributed by atoms with Crippen molar-refractivity contribution in [3.63, 3.8) is 0 Å². The molecule has 5 rings (SSSR count). The molecule has 0 bridgehead atoms. The van der Waals surface area contributed by atoms with Crippen LogP contribution in [0.2, 0.25) is 0 Å². The fourth-order valence-corrected chi connectivity index (χ4v) is 5.32. The molecule has 3 heterocycles. The highest BCUT2D eigenvalue weighted by molar-refractivity contribution is 7.85. The molecule has 1 unspecified atom stereocenters. The van der Waals surface area contributed by atoms with E-state index in [1.807, 2.05) is 49.4 Å². The Balaban J connectivity index is 1.56. The van der Waals surface area contributed by atoms with Gasteiger partial charge in [0, 0.05) is 42.2 Å². The Kier molecular flexibility index (Phi) is 5.12. The summed E-state index contributed by atoms with van der Waals surface area (Å²) in [5.41, 5.74) is 2.94. The lowest BCUT2D eigenvalue weighted by Gasteiger charge is -2.23. The standard InChI is InChI=1S/C22H24FN5OS/c1-14-6-7-18-16(10-14)21(25-19-12-24-11-17(19)23)27-22(26-18)28-8-9-30(29)20-5-3-2-4-15(20)13-28/h2-7,10,17,19,24H,8-9,11-13H2,1H3,(H,25,26,27)/t17-,19-,30?/m1/s1. The lowest BCUT2D eigenvalue weighted by molar-refractivity contribution is 0.342. The zero-order chi connectivity index (χ0) is 20.7. The SMILES string of the molecule is Cc1ccc2nc(N3CCS(=O)c4ccccc4C3)nc(N[C@@H]3CNC[C@H]3F)c2c1. The van der Waals surface area contributed by atoms with E-state index in [0.717, 1.165) is 26.9 Å². The predicted molar refractivity (Wildman–Crippen MR) is 118 cm³/mol. The van der Waals surface area contributed by atoms with Crippen LogP contribution in [0.3, 0.4) is 0 Å². The molecule has 1 saturated heterocycles. The van der Waals surface area contributed by atoms with Crippen molar-refractivity contribution in [3.05, 3.63) is 53.6 Å². The maximum absolute atomic E-state index is 14.3. The molecule has 2 aromatic carbocycles. The number of halogens is 1. The van der Waals surface area contributed by atoms with Crippen LogP contribution in [-0.2, 0) is 17.3 Å². The first-order valence-corrected chi connectivity index (χ1v) is 11.5. The minimum absolute atomic E-state index is 0.325.